The molecule has 29 heavy (non-hydrogen) atoms. The Morgan fingerprint density at radius 1 is 1.07 bits per heavy atom. The van der Waals surface area contributed by atoms with Gasteiger partial charge in [0, 0.05) is 0 Å². The van der Waals surface area contributed by atoms with Gasteiger partial charge in [0.2, 0.25) is 0 Å². The highest BCUT2D eigenvalue weighted by atomic mass is 35.5. The second-order valence-electron chi connectivity index (χ2n) is 6.91. The summed E-state index contributed by atoms with van der Waals surface area (Å²) in [5, 5.41) is 12.3. The lowest BCUT2D eigenvalue weighted by Crippen LogP contribution is -2.46. The van der Waals surface area contributed by atoms with E-state index < -0.39 is 24.0 Å². The molecule has 2 aromatic rings. The number of nitrogens with one attached hydrogen (secondary N) is 1. The second-order valence-corrected chi connectivity index (χ2v) is 7.32. The van der Waals surface area contributed by atoms with Crippen molar-refractivity contribution >= 4 is 23.5 Å². The zero-order valence-corrected chi connectivity index (χ0v) is 16.6. The van der Waals surface area contributed by atoms with Gasteiger partial charge in [-0.1, -0.05) is 48.0 Å². The third-order valence-electron chi connectivity index (χ3n) is 4.80. The minimum Gasteiger partial charge on any atom is -0.480 e. The fourth-order valence-corrected chi connectivity index (χ4v) is 3.53. The van der Waals surface area contributed by atoms with Gasteiger partial charge in [-0.15, -0.1) is 0 Å². The largest absolute Gasteiger partial charge is 0.480 e. The molecule has 0 radical (unpaired) electrons. The Hall–Kier alpha value is -3.04. The van der Waals surface area contributed by atoms with Crippen LogP contribution >= 0.6 is 11.6 Å². The summed E-state index contributed by atoms with van der Waals surface area (Å²) in [6.45, 7) is -0.826. The second kappa shape index (κ2) is 9.44. The molecule has 1 fully saturated rings. The average Bonchev–Trinajstić information content (AvgIpc) is 3.21. The molecular weight excluding hydrogens is 392 g/mol. The van der Waals surface area contributed by atoms with Crippen LogP contribution in [-0.4, -0.2) is 30.6 Å². The van der Waals surface area contributed by atoms with E-state index in [4.69, 9.17) is 21.1 Å². The number of nitriles is 1. The summed E-state index contributed by atoms with van der Waals surface area (Å²) in [7, 11) is 0. The lowest BCUT2D eigenvalue weighted by atomic mass is 10.00. The van der Waals surface area contributed by atoms with E-state index in [0.29, 0.717) is 23.6 Å². The summed E-state index contributed by atoms with van der Waals surface area (Å²) >= 11 is 6.24. The first kappa shape index (κ1) is 20.7. The highest BCUT2D eigenvalue weighted by Crippen LogP contribution is 2.30. The molecule has 0 atom stereocenters. The fourth-order valence-electron chi connectivity index (χ4n) is 3.30. The number of nitrogens with zero attached hydrogens (tertiary/aromatic N) is 1. The third-order valence-corrected chi connectivity index (χ3v) is 5.09. The van der Waals surface area contributed by atoms with Gasteiger partial charge >= 0.3 is 5.97 Å². The highest BCUT2D eigenvalue weighted by molar-refractivity contribution is 6.32. The lowest BCUT2D eigenvalue weighted by molar-refractivity contribution is -0.150. The Labute approximate surface area is 174 Å². The van der Waals surface area contributed by atoms with Gasteiger partial charge in [-0.3, -0.25) is 4.79 Å². The summed E-state index contributed by atoms with van der Waals surface area (Å²) in [4.78, 5) is 23.8. The maximum Gasteiger partial charge on any atom is 0.344 e. The number of hydrogen-bond donors (Lipinski definition) is 1. The van der Waals surface area contributed by atoms with Crippen LogP contribution in [0.5, 0.6) is 5.75 Å². The van der Waals surface area contributed by atoms with E-state index >= 15 is 0 Å². The Morgan fingerprint density at radius 2 is 1.79 bits per heavy atom. The monoisotopic (exact) mass is 412 g/mol. The fraction of sp³-hybridized carbons (Fsp3) is 0.318. The Morgan fingerprint density at radius 3 is 2.45 bits per heavy atom. The van der Waals surface area contributed by atoms with Crippen LogP contribution in [0, 0.1) is 11.3 Å². The highest BCUT2D eigenvalue weighted by Gasteiger charge is 2.35. The molecule has 150 valence electrons. The van der Waals surface area contributed by atoms with Crippen molar-refractivity contribution in [3.63, 3.8) is 0 Å². The van der Waals surface area contributed by atoms with E-state index in [9.17, 15) is 14.9 Å². The molecule has 1 aliphatic rings. The number of rotatable bonds is 7. The first-order valence-corrected chi connectivity index (χ1v) is 9.75. The van der Waals surface area contributed by atoms with Crippen molar-refractivity contribution in [1.29, 1.82) is 5.26 Å². The van der Waals surface area contributed by atoms with Gasteiger partial charge in [-0.2, -0.15) is 5.26 Å². The SMILES string of the molecule is N#CC1(NC(=O)COC(=O)COc2ccc(-c3ccccc3)cc2Cl)CCCC1. The van der Waals surface area contributed by atoms with Crippen LogP contribution in [0.3, 0.4) is 0 Å². The van der Waals surface area contributed by atoms with E-state index in [1.54, 1.807) is 12.1 Å². The van der Waals surface area contributed by atoms with Gasteiger partial charge in [-0.05, 0) is 48.9 Å². The first-order chi connectivity index (χ1) is 14.0. The van der Waals surface area contributed by atoms with Crippen LogP contribution in [-0.2, 0) is 14.3 Å². The zero-order chi connectivity index (χ0) is 20.7. The molecule has 1 aliphatic carbocycles. The summed E-state index contributed by atoms with van der Waals surface area (Å²) in [6.07, 6.45) is 3.02. The minimum atomic E-state index is -0.839. The topological polar surface area (TPSA) is 88.4 Å². The van der Waals surface area contributed by atoms with E-state index in [1.807, 2.05) is 36.4 Å². The van der Waals surface area contributed by atoms with Crippen LogP contribution in [0.1, 0.15) is 25.7 Å². The van der Waals surface area contributed by atoms with Crippen molar-refractivity contribution in [3.8, 4) is 22.9 Å². The predicted octanol–water partition coefficient (Wildman–Crippen LogP) is 3.88. The van der Waals surface area contributed by atoms with Gasteiger partial charge in [-0.25, -0.2) is 4.79 Å². The molecule has 0 saturated heterocycles. The normalized spacial score (nSPS) is 14.6. The Balaban J connectivity index is 1.47. The number of carbonyl (C=O) groups is 2. The lowest BCUT2D eigenvalue weighted by Gasteiger charge is -2.21. The van der Waals surface area contributed by atoms with Crippen LogP contribution in [0.2, 0.25) is 5.02 Å². The molecule has 1 amide bonds. The van der Waals surface area contributed by atoms with Crippen LogP contribution in [0.25, 0.3) is 11.1 Å². The van der Waals surface area contributed by atoms with Crippen LogP contribution in [0.15, 0.2) is 48.5 Å². The smallest absolute Gasteiger partial charge is 0.344 e. The minimum absolute atomic E-state index is 0.349. The summed E-state index contributed by atoms with van der Waals surface area (Å²) in [6, 6.07) is 17.2. The van der Waals surface area contributed by atoms with E-state index in [0.717, 1.165) is 24.0 Å². The quantitative estimate of drug-likeness (QED) is 0.697. The van der Waals surface area contributed by atoms with Gasteiger partial charge in [0.05, 0.1) is 11.1 Å². The van der Waals surface area contributed by atoms with Crippen molar-refractivity contribution in [2.75, 3.05) is 13.2 Å². The number of carbonyl (C=O) groups excluding carboxylic acids is 2. The zero-order valence-electron chi connectivity index (χ0n) is 15.8. The third kappa shape index (κ3) is 5.49. The summed E-state index contributed by atoms with van der Waals surface area (Å²) < 4.78 is 10.3. The van der Waals surface area contributed by atoms with E-state index in [2.05, 4.69) is 11.4 Å². The van der Waals surface area contributed by atoms with E-state index in [-0.39, 0.29) is 6.61 Å². The molecule has 3 rings (SSSR count). The molecule has 0 aliphatic heterocycles. The molecule has 0 aromatic heterocycles. The number of benzene rings is 2. The maximum atomic E-state index is 12.0. The van der Waals surface area contributed by atoms with Gasteiger partial charge < -0.3 is 14.8 Å². The van der Waals surface area contributed by atoms with Gasteiger partial charge in [0.15, 0.2) is 13.2 Å². The van der Waals surface area contributed by atoms with E-state index in [1.165, 1.54) is 0 Å². The number of esters is 1. The molecule has 0 heterocycles. The van der Waals surface area contributed by atoms with Crippen molar-refractivity contribution in [3.05, 3.63) is 53.6 Å². The number of ether oxygens (including phenoxy) is 2. The number of halogens is 1. The van der Waals surface area contributed by atoms with Gasteiger partial charge in [0.1, 0.15) is 11.3 Å². The standard InChI is InChI=1S/C22H21ClN2O4/c23-18-12-17(16-6-2-1-3-7-16)8-9-19(18)28-14-21(27)29-13-20(26)25-22(15-24)10-4-5-11-22/h1-3,6-9,12H,4-5,10-11,13-14H2,(H,25,26). The van der Waals surface area contributed by atoms with Crippen LogP contribution in [0.4, 0.5) is 0 Å². The molecule has 7 heteroatoms. The molecule has 0 unspecified atom stereocenters. The summed E-state index contributed by atoms with van der Waals surface area (Å²) in [5.74, 6) is -0.838. The molecule has 1 N–H and O–H groups in total. The molecular formula is C22H21ClN2O4. The molecule has 0 bridgehead atoms. The Bertz CT molecular complexity index is 918. The number of hydrogen-bond acceptors (Lipinski definition) is 5. The molecule has 1 saturated carbocycles. The number of amides is 1. The molecule has 6 nitrogen and oxygen atoms in total. The molecule has 0 spiro atoms. The predicted molar refractivity (Wildman–Crippen MR) is 108 cm³/mol. The van der Waals surface area contributed by atoms with Crippen molar-refractivity contribution < 1.29 is 19.1 Å². The van der Waals surface area contributed by atoms with Crippen molar-refractivity contribution in [2.45, 2.75) is 31.2 Å². The molecule has 2 aromatic carbocycles. The van der Waals surface area contributed by atoms with Crippen molar-refractivity contribution in [2.24, 2.45) is 0 Å². The van der Waals surface area contributed by atoms with Gasteiger partial charge in [0.25, 0.3) is 5.91 Å². The van der Waals surface area contributed by atoms with Crippen LogP contribution < -0.4 is 10.1 Å². The average molecular weight is 413 g/mol. The first-order valence-electron chi connectivity index (χ1n) is 9.37. The maximum absolute atomic E-state index is 12.0. The Kier molecular flexibility index (Phi) is 6.73. The van der Waals surface area contributed by atoms with Crippen molar-refractivity contribution in [1.82, 2.24) is 5.32 Å². The summed E-state index contributed by atoms with van der Waals surface area (Å²) in [5.41, 5.74) is 1.11.